The third-order valence-electron chi connectivity index (χ3n) is 2.82. The molecule has 7 heteroatoms. The van der Waals surface area contributed by atoms with Gasteiger partial charge in [0.1, 0.15) is 0 Å². The number of rotatable bonds is 3. The third-order valence-corrected chi connectivity index (χ3v) is 5.97. The predicted molar refractivity (Wildman–Crippen MR) is 68.4 cm³/mol. The maximum atomic E-state index is 12.3. The van der Waals surface area contributed by atoms with Crippen LogP contribution in [-0.4, -0.2) is 39.9 Å². The minimum Gasteiger partial charge on any atom is -0.334 e. The Labute approximate surface area is 106 Å². The Bertz CT molecular complexity index is 495. The molecule has 1 unspecified atom stereocenters. The maximum Gasteiger partial charge on any atom is 0.263 e. The highest BCUT2D eigenvalue weighted by molar-refractivity contribution is 8.01. The Kier molecular flexibility index (Phi) is 3.51. The van der Waals surface area contributed by atoms with E-state index in [0.717, 1.165) is 5.75 Å². The van der Waals surface area contributed by atoms with Crippen molar-refractivity contribution in [1.29, 1.82) is 0 Å². The molecule has 1 aliphatic rings. The van der Waals surface area contributed by atoms with E-state index >= 15 is 0 Å². The lowest BCUT2D eigenvalue weighted by Crippen LogP contribution is -2.33. The summed E-state index contributed by atoms with van der Waals surface area (Å²) in [4.78, 5) is 4.01. The molecule has 0 aromatic carbocycles. The minimum absolute atomic E-state index is 0.00389. The van der Waals surface area contributed by atoms with E-state index in [0.29, 0.717) is 6.54 Å². The van der Waals surface area contributed by atoms with Crippen LogP contribution in [0.4, 0.5) is 0 Å². The average Bonchev–Trinajstić information content (AvgIpc) is 2.84. The molecule has 0 spiro atoms. The Balaban J connectivity index is 2.31. The molecule has 1 aromatic heterocycles. The van der Waals surface area contributed by atoms with E-state index in [1.807, 2.05) is 20.8 Å². The molecule has 0 N–H and O–H groups in total. The van der Waals surface area contributed by atoms with Crippen molar-refractivity contribution in [3.05, 3.63) is 12.5 Å². The van der Waals surface area contributed by atoms with Crippen LogP contribution in [-0.2, 0) is 10.0 Å². The molecule has 96 valence electrons. The Morgan fingerprint density at radius 2 is 2.24 bits per heavy atom. The molecule has 1 aliphatic heterocycles. The molecule has 0 aliphatic carbocycles. The van der Waals surface area contributed by atoms with E-state index < -0.39 is 10.0 Å². The highest BCUT2D eigenvalue weighted by Gasteiger charge is 2.34. The van der Waals surface area contributed by atoms with Crippen molar-refractivity contribution >= 4 is 21.8 Å². The lowest BCUT2D eigenvalue weighted by atomic mass is 10.4. The van der Waals surface area contributed by atoms with Crippen LogP contribution < -0.4 is 0 Å². The molecule has 0 bridgehead atoms. The maximum absolute atomic E-state index is 12.3. The monoisotopic (exact) mass is 275 g/mol. The zero-order chi connectivity index (χ0) is 12.6. The van der Waals surface area contributed by atoms with Crippen molar-refractivity contribution in [3.8, 4) is 0 Å². The Morgan fingerprint density at radius 3 is 2.71 bits per heavy atom. The largest absolute Gasteiger partial charge is 0.334 e. The second-order valence-electron chi connectivity index (χ2n) is 4.34. The molecule has 1 saturated heterocycles. The molecule has 17 heavy (non-hydrogen) atoms. The molecule has 0 saturated carbocycles. The van der Waals surface area contributed by atoms with Crippen LogP contribution in [0.15, 0.2) is 17.6 Å². The normalized spacial score (nSPS) is 22.5. The lowest BCUT2D eigenvalue weighted by Gasteiger charge is -2.18. The van der Waals surface area contributed by atoms with Gasteiger partial charge in [0.2, 0.25) is 0 Å². The van der Waals surface area contributed by atoms with Gasteiger partial charge in [-0.25, -0.2) is 13.4 Å². The van der Waals surface area contributed by atoms with E-state index in [4.69, 9.17) is 0 Å². The molecule has 1 fully saturated rings. The first kappa shape index (κ1) is 12.9. The molecule has 2 rings (SSSR count). The van der Waals surface area contributed by atoms with E-state index in [9.17, 15) is 8.42 Å². The van der Waals surface area contributed by atoms with Crippen LogP contribution in [0, 0.1) is 0 Å². The SMILES string of the molecule is CC1SCCN1S(=O)(=O)c1cn(C(C)C)cn1. The van der Waals surface area contributed by atoms with Gasteiger partial charge in [-0.15, -0.1) is 11.8 Å². The van der Waals surface area contributed by atoms with Gasteiger partial charge in [-0.1, -0.05) is 0 Å². The molecule has 2 heterocycles. The van der Waals surface area contributed by atoms with Crippen molar-refractivity contribution in [3.63, 3.8) is 0 Å². The van der Waals surface area contributed by atoms with Gasteiger partial charge in [-0.05, 0) is 20.8 Å². The topological polar surface area (TPSA) is 55.2 Å². The van der Waals surface area contributed by atoms with Crippen molar-refractivity contribution in [2.45, 2.75) is 37.2 Å². The standard InChI is InChI=1S/C10H17N3O2S2/c1-8(2)12-6-10(11-7-12)17(14,15)13-4-5-16-9(13)3/h6-9H,4-5H2,1-3H3. The van der Waals surface area contributed by atoms with Gasteiger partial charge in [0, 0.05) is 24.5 Å². The van der Waals surface area contributed by atoms with Crippen molar-refractivity contribution in [1.82, 2.24) is 13.9 Å². The van der Waals surface area contributed by atoms with Crippen LogP contribution >= 0.6 is 11.8 Å². The van der Waals surface area contributed by atoms with Crippen LogP contribution in [0.1, 0.15) is 26.8 Å². The quantitative estimate of drug-likeness (QED) is 0.840. The number of nitrogens with zero attached hydrogens (tertiary/aromatic N) is 3. The van der Waals surface area contributed by atoms with Gasteiger partial charge in [-0.3, -0.25) is 0 Å². The molecule has 0 amide bonds. The fraction of sp³-hybridized carbons (Fsp3) is 0.700. The summed E-state index contributed by atoms with van der Waals surface area (Å²) in [6.45, 7) is 6.47. The number of aromatic nitrogens is 2. The van der Waals surface area contributed by atoms with Gasteiger partial charge in [-0.2, -0.15) is 4.31 Å². The van der Waals surface area contributed by atoms with E-state index in [1.165, 1.54) is 4.31 Å². The fourth-order valence-corrected chi connectivity index (χ4v) is 4.70. The highest BCUT2D eigenvalue weighted by atomic mass is 32.2. The van der Waals surface area contributed by atoms with E-state index in [-0.39, 0.29) is 16.4 Å². The number of hydrogen-bond donors (Lipinski definition) is 0. The van der Waals surface area contributed by atoms with Crippen molar-refractivity contribution in [2.75, 3.05) is 12.3 Å². The molecule has 5 nitrogen and oxygen atoms in total. The van der Waals surface area contributed by atoms with Crippen LogP contribution in [0.3, 0.4) is 0 Å². The number of thioether (sulfide) groups is 1. The highest BCUT2D eigenvalue weighted by Crippen LogP contribution is 2.28. The van der Waals surface area contributed by atoms with Gasteiger partial charge in [0.05, 0.1) is 11.7 Å². The van der Waals surface area contributed by atoms with Crippen LogP contribution in [0.25, 0.3) is 0 Å². The van der Waals surface area contributed by atoms with Crippen LogP contribution in [0.2, 0.25) is 0 Å². The summed E-state index contributed by atoms with van der Waals surface area (Å²) in [6, 6.07) is 0.219. The summed E-state index contributed by atoms with van der Waals surface area (Å²) in [5, 5.41) is 0.157. The fourth-order valence-electron chi connectivity index (χ4n) is 1.75. The molecule has 0 radical (unpaired) electrons. The number of sulfonamides is 1. The first-order valence-corrected chi connectivity index (χ1v) is 8.08. The van der Waals surface area contributed by atoms with E-state index in [2.05, 4.69) is 4.98 Å². The van der Waals surface area contributed by atoms with Crippen LogP contribution in [0.5, 0.6) is 0 Å². The lowest BCUT2D eigenvalue weighted by molar-refractivity contribution is 0.439. The summed E-state index contributed by atoms with van der Waals surface area (Å²) < 4.78 is 28.0. The number of hydrogen-bond acceptors (Lipinski definition) is 4. The van der Waals surface area contributed by atoms with Crippen molar-refractivity contribution in [2.24, 2.45) is 0 Å². The summed E-state index contributed by atoms with van der Waals surface area (Å²) >= 11 is 1.65. The zero-order valence-electron chi connectivity index (χ0n) is 10.2. The van der Waals surface area contributed by atoms with Gasteiger partial charge >= 0.3 is 0 Å². The summed E-state index contributed by atoms with van der Waals surface area (Å²) in [6.07, 6.45) is 3.18. The second-order valence-corrected chi connectivity index (χ2v) is 7.60. The average molecular weight is 275 g/mol. The van der Waals surface area contributed by atoms with Crippen molar-refractivity contribution < 1.29 is 8.42 Å². The van der Waals surface area contributed by atoms with E-state index in [1.54, 1.807) is 28.9 Å². The molecule has 1 aromatic rings. The Morgan fingerprint density at radius 1 is 1.53 bits per heavy atom. The molecular formula is C10H17N3O2S2. The minimum atomic E-state index is -3.42. The molecule has 1 atom stereocenters. The number of imidazole rings is 1. The third kappa shape index (κ3) is 2.36. The first-order chi connectivity index (χ1) is 7.93. The summed E-state index contributed by atoms with van der Waals surface area (Å²) in [7, 11) is -3.42. The van der Waals surface area contributed by atoms with Gasteiger partial charge in [0.25, 0.3) is 10.0 Å². The first-order valence-electron chi connectivity index (χ1n) is 5.60. The smallest absolute Gasteiger partial charge is 0.263 e. The molecular weight excluding hydrogens is 258 g/mol. The summed E-state index contributed by atoms with van der Waals surface area (Å²) in [5.41, 5.74) is 0. The van der Waals surface area contributed by atoms with Gasteiger partial charge in [0.15, 0.2) is 5.03 Å². The predicted octanol–water partition coefficient (Wildman–Crippen LogP) is 1.55. The summed E-state index contributed by atoms with van der Waals surface area (Å²) in [5.74, 6) is 0.852. The van der Waals surface area contributed by atoms with Gasteiger partial charge < -0.3 is 4.57 Å². The Hall–Kier alpha value is -0.530. The second kappa shape index (κ2) is 4.62. The zero-order valence-corrected chi connectivity index (χ0v) is 11.8.